The van der Waals surface area contributed by atoms with Gasteiger partial charge in [-0.05, 0) is 31.5 Å². The van der Waals surface area contributed by atoms with Gasteiger partial charge in [0.1, 0.15) is 11.9 Å². The maximum absolute atomic E-state index is 9.90. The fourth-order valence-electron chi connectivity index (χ4n) is 2.88. The van der Waals surface area contributed by atoms with Gasteiger partial charge in [-0.2, -0.15) is 5.10 Å². The van der Waals surface area contributed by atoms with Gasteiger partial charge in [-0.25, -0.2) is 4.98 Å². The Morgan fingerprint density at radius 2 is 2.14 bits per heavy atom. The summed E-state index contributed by atoms with van der Waals surface area (Å²) in [5.41, 5.74) is 3.28. The Labute approximate surface area is 130 Å². The highest BCUT2D eigenvalue weighted by atomic mass is 16.5. The maximum atomic E-state index is 9.90. The molecule has 118 valence electrons. The number of nitrogens with zero attached hydrogens (tertiary/aromatic N) is 4. The minimum Gasteiger partial charge on any atom is -0.388 e. The first-order chi connectivity index (χ1) is 10.6. The summed E-state index contributed by atoms with van der Waals surface area (Å²) in [6, 6.07) is 6.12. The van der Waals surface area contributed by atoms with Gasteiger partial charge in [0.2, 0.25) is 0 Å². The third-order valence-electron chi connectivity index (χ3n) is 4.11. The van der Waals surface area contributed by atoms with Gasteiger partial charge in [-0.3, -0.25) is 4.68 Å². The van der Waals surface area contributed by atoms with Crippen molar-refractivity contribution < 1.29 is 9.84 Å². The van der Waals surface area contributed by atoms with Gasteiger partial charge in [0.05, 0.1) is 18.3 Å². The van der Waals surface area contributed by atoms with Crippen molar-refractivity contribution in [3.8, 4) is 0 Å². The molecule has 22 heavy (non-hydrogen) atoms. The van der Waals surface area contributed by atoms with Crippen LogP contribution in [-0.4, -0.2) is 52.3 Å². The van der Waals surface area contributed by atoms with Crippen molar-refractivity contribution >= 4 is 5.82 Å². The summed E-state index contributed by atoms with van der Waals surface area (Å²) in [6.07, 6.45) is 1.27. The SMILES string of the molecule is CO[C@H]1CN(c2ccc(Cn3nc(C)cc3C)cn2)C[C@@H]1O. The van der Waals surface area contributed by atoms with Crippen molar-refractivity contribution in [2.24, 2.45) is 0 Å². The Balaban J connectivity index is 1.69. The highest BCUT2D eigenvalue weighted by molar-refractivity contribution is 5.41. The first-order valence-corrected chi connectivity index (χ1v) is 7.48. The van der Waals surface area contributed by atoms with Gasteiger partial charge < -0.3 is 14.7 Å². The summed E-state index contributed by atoms with van der Waals surface area (Å²) < 4.78 is 7.24. The smallest absolute Gasteiger partial charge is 0.128 e. The Bertz CT molecular complexity index is 638. The third kappa shape index (κ3) is 2.98. The number of pyridine rings is 1. The van der Waals surface area contributed by atoms with Gasteiger partial charge in [0.25, 0.3) is 0 Å². The second-order valence-corrected chi connectivity index (χ2v) is 5.86. The molecule has 0 aromatic carbocycles. The van der Waals surface area contributed by atoms with Crippen LogP contribution in [0.25, 0.3) is 0 Å². The van der Waals surface area contributed by atoms with Gasteiger partial charge in [-0.1, -0.05) is 6.07 Å². The summed E-state index contributed by atoms with van der Waals surface area (Å²) in [7, 11) is 1.63. The van der Waals surface area contributed by atoms with Crippen LogP contribution in [0, 0.1) is 13.8 Å². The van der Waals surface area contributed by atoms with Gasteiger partial charge >= 0.3 is 0 Å². The fraction of sp³-hybridized carbons (Fsp3) is 0.500. The average molecular weight is 302 g/mol. The largest absolute Gasteiger partial charge is 0.388 e. The number of methoxy groups -OCH3 is 1. The summed E-state index contributed by atoms with van der Waals surface area (Å²) in [4.78, 5) is 6.56. The fourth-order valence-corrected chi connectivity index (χ4v) is 2.88. The lowest BCUT2D eigenvalue weighted by atomic mass is 10.2. The molecule has 0 aliphatic carbocycles. The number of rotatable bonds is 4. The van der Waals surface area contributed by atoms with E-state index in [0.717, 1.165) is 29.3 Å². The maximum Gasteiger partial charge on any atom is 0.128 e. The van der Waals surface area contributed by atoms with E-state index in [9.17, 15) is 5.11 Å². The highest BCUT2D eigenvalue weighted by Gasteiger charge is 2.31. The van der Waals surface area contributed by atoms with Crippen LogP contribution in [0.4, 0.5) is 5.82 Å². The minimum atomic E-state index is -0.457. The molecule has 2 atom stereocenters. The van der Waals surface area contributed by atoms with E-state index in [4.69, 9.17) is 4.74 Å². The van der Waals surface area contributed by atoms with Crippen LogP contribution in [0.3, 0.4) is 0 Å². The molecule has 6 heteroatoms. The van der Waals surface area contributed by atoms with Crippen LogP contribution >= 0.6 is 0 Å². The molecule has 0 radical (unpaired) electrons. The van der Waals surface area contributed by atoms with E-state index >= 15 is 0 Å². The summed E-state index contributed by atoms with van der Waals surface area (Å²) in [5.74, 6) is 0.871. The number of β-amino-alcohol motifs (C(OH)–C–C–N with tert-alkyl or cyclic N) is 1. The Kier molecular flexibility index (Phi) is 4.13. The molecule has 0 amide bonds. The molecule has 2 aromatic heterocycles. The predicted octanol–water partition coefficient (Wildman–Crippen LogP) is 1.14. The second kappa shape index (κ2) is 6.06. The Morgan fingerprint density at radius 1 is 1.32 bits per heavy atom. The van der Waals surface area contributed by atoms with Crippen molar-refractivity contribution in [3.63, 3.8) is 0 Å². The zero-order chi connectivity index (χ0) is 15.7. The first-order valence-electron chi connectivity index (χ1n) is 7.48. The summed E-state index contributed by atoms with van der Waals surface area (Å²) in [5, 5.41) is 14.4. The molecule has 1 saturated heterocycles. The van der Waals surface area contributed by atoms with Crippen LogP contribution in [0.5, 0.6) is 0 Å². The molecule has 1 aliphatic heterocycles. The number of aliphatic hydroxyl groups is 1. The number of aliphatic hydroxyl groups excluding tert-OH is 1. The summed E-state index contributed by atoms with van der Waals surface area (Å²) in [6.45, 7) is 5.99. The van der Waals surface area contributed by atoms with E-state index in [2.05, 4.69) is 29.1 Å². The average Bonchev–Trinajstić information content (AvgIpc) is 3.02. The van der Waals surface area contributed by atoms with Gasteiger partial charge in [-0.15, -0.1) is 0 Å². The molecule has 1 aliphatic rings. The van der Waals surface area contributed by atoms with E-state index in [-0.39, 0.29) is 6.10 Å². The molecule has 2 aromatic rings. The standard InChI is InChI=1S/C16H22N4O2/c1-11-6-12(2)20(18-11)8-13-4-5-16(17-7-13)19-9-14(21)15(10-19)22-3/h4-7,14-15,21H,8-10H2,1-3H3/t14-,15-/m0/s1. The van der Waals surface area contributed by atoms with E-state index < -0.39 is 6.10 Å². The molecular weight excluding hydrogens is 280 g/mol. The molecule has 3 heterocycles. The predicted molar refractivity (Wildman–Crippen MR) is 84.1 cm³/mol. The van der Waals surface area contributed by atoms with Crippen LogP contribution in [0.15, 0.2) is 24.4 Å². The van der Waals surface area contributed by atoms with Crippen LogP contribution in [0.1, 0.15) is 17.0 Å². The van der Waals surface area contributed by atoms with Crippen molar-refractivity contribution in [3.05, 3.63) is 41.3 Å². The van der Waals surface area contributed by atoms with Crippen molar-refractivity contribution in [2.45, 2.75) is 32.6 Å². The molecule has 0 bridgehead atoms. The third-order valence-corrected chi connectivity index (χ3v) is 4.11. The molecule has 6 nitrogen and oxygen atoms in total. The van der Waals surface area contributed by atoms with E-state index in [1.165, 1.54) is 0 Å². The van der Waals surface area contributed by atoms with E-state index in [1.54, 1.807) is 7.11 Å². The molecule has 1 N–H and O–H groups in total. The number of ether oxygens (including phenoxy) is 1. The molecule has 0 unspecified atom stereocenters. The lowest BCUT2D eigenvalue weighted by Gasteiger charge is -2.17. The van der Waals surface area contributed by atoms with E-state index in [0.29, 0.717) is 13.1 Å². The lowest BCUT2D eigenvalue weighted by molar-refractivity contribution is 0.0217. The minimum absolute atomic E-state index is 0.142. The van der Waals surface area contributed by atoms with E-state index in [1.807, 2.05) is 28.8 Å². The molecule has 3 rings (SSSR count). The second-order valence-electron chi connectivity index (χ2n) is 5.86. The van der Waals surface area contributed by atoms with Crippen LogP contribution in [0.2, 0.25) is 0 Å². The first kappa shape index (κ1) is 15.0. The number of hydrogen-bond acceptors (Lipinski definition) is 5. The van der Waals surface area contributed by atoms with Crippen molar-refractivity contribution in [2.75, 3.05) is 25.1 Å². The Morgan fingerprint density at radius 3 is 2.68 bits per heavy atom. The number of hydrogen-bond donors (Lipinski definition) is 1. The van der Waals surface area contributed by atoms with Gasteiger partial charge in [0, 0.05) is 32.1 Å². The quantitative estimate of drug-likeness (QED) is 0.917. The van der Waals surface area contributed by atoms with Crippen LogP contribution < -0.4 is 4.90 Å². The summed E-state index contributed by atoms with van der Waals surface area (Å²) >= 11 is 0. The molecule has 0 spiro atoms. The number of aryl methyl sites for hydroxylation is 2. The van der Waals surface area contributed by atoms with Crippen molar-refractivity contribution in [1.29, 1.82) is 0 Å². The zero-order valence-corrected chi connectivity index (χ0v) is 13.2. The zero-order valence-electron chi connectivity index (χ0n) is 13.2. The van der Waals surface area contributed by atoms with Gasteiger partial charge in [0.15, 0.2) is 0 Å². The highest BCUT2D eigenvalue weighted by Crippen LogP contribution is 2.20. The Hall–Kier alpha value is -1.92. The normalized spacial score (nSPS) is 21.5. The lowest BCUT2D eigenvalue weighted by Crippen LogP contribution is -2.25. The van der Waals surface area contributed by atoms with Crippen LogP contribution in [-0.2, 0) is 11.3 Å². The molecule has 0 saturated carbocycles. The van der Waals surface area contributed by atoms with Crippen molar-refractivity contribution in [1.82, 2.24) is 14.8 Å². The number of anilines is 1. The number of aromatic nitrogens is 3. The topological polar surface area (TPSA) is 63.4 Å². The molecular formula is C16H22N4O2. The monoisotopic (exact) mass is 302 g/mol. The molecule has 1 fully saturated rings.